The maximum absolute atomic E-state index is 2.40. The normalized spacial score (nSPS) is 11.6. The first-order valence-corrected chi connectivity index (χ1v) is 25.8. The van der Waals surface area contributed by atoms with Crippen molar-refractivity contribution in [1.82, 2.24) is 0 Å². The molecule has 0 unspecified atom stereocenters. The van der Waals surface area contributed by atoms with Crippen LogP contribution in [0.25, 0.3) is 96.6 Å². The zero-order valence-electron chi connectivity index (χ0n) is 39.9. The van der Waals surface area contributed by atoms with Crippen molar-refractivity contribution in [3.05, 3.63) is 279 Å². The van der Waals surface area contributed by atoms with E-state index in [1.807, 2.05) is 11.3 Å². The molecule has 0 radical (unpaired) electrons. The van der Waals surface area contributed by atoms with Crippen LogP contribution in [0.3, 0.4) is 0 Å². The largest absolute Gasteiger partial charge is 0.311 e. The quantitative estimate of drug-likeness (QED) is 0.133. The first-order valence-electron chi connectivity index (χ1n) is 25.0. The molecule has 342 valence electrons. The number of thiophene rings is 1. The number of anilines is 6. The van der Waals surface area contributed by atoms with Crippen LogP contribution >= 0.6 is 11.3 Å². The summed E-state index contributed by atoms with van der Waals surface area (Å²) in [5, 5.41) is 12.8. The van der Waals surface area contributed by atoms with Crippen LogP contribution in [0.1, 0.15) is 0 Å². The number of para-hydroxylation sites is 1. The van der Waals surface area contributed by atoms with Crippen LogP contribution in [0, 0.1) is 0 Å². The van der Waals surface area contributed by atoms with E-state index in [0.717, 1.165) is 45.3 Å². The first-order chi connectivity index (χ1) is 36.2. The molecule has 13 aromatic carbocycles. The van der Waals surface area contributed by atoms with E-state index in [4.69, 9.17) is 0 Å². The molecule has 0 saturated carbocycles. The number of nitrogens with zero attached hydrogens (tertiary/aromatic N) is 2. The number of fused-ring (bicyclic) bond motifs is 10. The molecule has 0 saturated heterocycles. The second kappa shape index (κ2) is 17.8. The highest BCUT2D eigenvalue weighted by atomic mass is 32.1. The standard InChI is InChI=1S/C70H46N2S/c1-2-18-53(19-3-1)72(58-44-45-68-67(46-58)69-65-24-10-8-22-63(65)64-23-9-11-25-66(64)70(69)73-68)57-38-30-48(31-39-57)47-28-36-54(37-29-47)71(55-40-32-51(33-41-55)61-26-12-16-49-14-4-6-20-59(49)61)56-42-34-52(35-43-56)62-27-13-17-50-15-5-7-21-60(50)62/h1-46H. The molecule has 0 amide bonds. The van der Waals surface area contributed by atoms with Gasteiger partial charge in [0, 0.05) is 59.7 Å². The van der Waals surface area contributed by atoms with Crippen LogP contribution in [-0.2, 0) is 0 Å². The molecule has 73 heavy (non-hydrogen) atoms. The van der Waals surface area contributed by atoms with Gasteiger partial charge < -0.3 is 9.80 Å². The van der Waals surface area contributed by atoms with Gasteiger partial charge in [0.05, 0.1) is 0 Å². The summed E-state index contributed by atoms with van der Waals surface area (Å²) in [5.74, 6) is 0. The molecule has 3 heteroatoms. The molecule has 0 N–H and O–H groups in total. The van der Waals surface area contributed by atoms with Crippen molar-refractivity contribution in [2.75, 3.05) is 9.80 Å². The first kappa shape index (κ1) is 42.6. The summed E-state index contributed by atoms with van der Waals surface area (Å²) in [7, 11) is 0. The SMILES string of the molecule is c1ccc(N(c2ccc(-c3ccc(N(c4ccc(-c5cccc6ccccc56)cc4)c4ccc(-c5cccc6ccccc56)cc4)cc3)cc2)c2ccc3sc4c5ccccc5c5ccccc5c4c3c2)cc1. The molecule has 14 aromatic rings. The minimum atomic E-state index is 1.09. The van der Waals surface area contributed by atoms with Gasteiger partial charge in [-0.05, 0) is 150 Å². The van der Waals surface area contributed by atoms with Crippen molar-refractivity contribution in [1.29, 1.82) is 0 Å². The van der Waals surface area contributed by atoms with E-state index < -0.39 is 0 Å². The lowest BCUT2D eigenvalue weighted by Gasteiger charge is -2.26. The second-order valence-corrected chi connectivity index (χ2v) is 19.9. The molecule has 0 aliphatic rings. The fourth-order valence-electron chi connectivity index (χ4n) is 11.1. The van der Waals surface area contributed by atoms with Gasteiger partial charge in [0.25, 0.3) is 0 Å². The predicted molar refractivity (Wildman–Crippen MR) is 315 cm³/mol. The fourth-order valence-corrected chi connectivity index (χ4v) is 12.4. The van der Waals surface area contributed by atoms with Crippen LogP contribution < -0.4 is 9.80 Å². The molecule has 0 spiro atoms. The molecule has 1 heterocycles. The molecule has 2 nitrogen and oxygen atoms in total. The Balaban J connectivity index is 0.818. The van der Waals surface area contributed by atoms with E-state index in [-0.39, 0.29) is 0 Å². The van der Waals surface area contributed by atoms with E-state index in [2.05, 4.69) is 289 Å². The highest BCUT2D eigenvalue weighted by Crippen LogP contribution is 2.47. The number of hydrogen-bond acceptors (Lipinski definition) is 3. The summed E-state index contributed by atoms with van der Waals surface area (Å²) in [4.78, 5) is 4.75. The minimum absolute atomic E-state index is 1.09. The molecule has 0 bridgehead atoms. The summed E-state index contributed by atoms with van der Waals surface area (Å²) in [6.45, 7) is 0. The Bertz CT molecular complexity index is 4220. The summed E-state index contributed by atoms with van der Waals surface area (Å²) in [6.07, 6.45) is 0. The zero-order chi connectivity index (χ0) is 48.2. The topological polar surface area (TPSA) is 6.48 Å². The molecule has 0 atom stereocenters. The Hall–Kier alpha value is -9.28. The van der Waals surface area contributed by atoms with Gasteiger partial charge in [-0.15, -0.1) is 11.3 Å². The summed E-state index contributed by atoms with van der Waals surface area (Å²) in [5.41, 5.74) is 13.8. The third-order valence-corrected chi connectivity index (χ3v) is 15.8. The maximum Gasteiger partial charge on any atom is 0.0468 e. The van der Waals surface area contributed by atoms with Gasteiger partial charge in [-0.3, -0.25) is 0 Å². The van der Waals surface area contributed by atoms with E-state index in [1.165, 1.54) is 85.5 Å². The molecule has 14 rings (SSSR count). The Morgan fingerprint density at radius 3 is 1.12 bits per heavy atom. The van der Waals surface area contributed by atoms with Crippen molar-refractivity contribution < 1.29 is 0 Å². The molecular formula is C70H46N2S. The predicted octanol–water partition coefficient (Wildman–Crippen LogP) is 20.6. The van der Waals surface area contributed by atoms with Gasteiger partial charge in [0.15, 0.2) is 0 Å². The van der Waals surface area contributed by atoms with Crippen LogP contribution in [0.2, 0.25) is 0 Å². The van der Waals surface area contributed by atoms with Crippen molar-refractivity contribution in [2.24, 2.45) is 0 Å². The number of benzene rings is 13. The van der Waals surface area contributed by atoms with Gasteiger partial charge >= 0.3 is 0 Å². The van der Waals surface area contributed by atoms with Crippen LogP contribution in [0.5, 0.6) is 0 Å². The lowest BCUT2D eigenvalue weighted by molar-refractivity contribution is 1.28. The van der Waals surface area contributed by atoms with Gasteiger partial charge in [-0.1, -0.05) is 200 Å². The average Bonchev–Trinajstić information content (AvgIpc) is 3.86. The van der Waals surface area contributed by atoms with E-state index in [1.54, 1.807) is 0 Å². The van der Waals surface area contributed by atoms with Crippen LogP contribution in [0.4, 0.5) is 34.1 Å². The third kappa shape index (κ3) is 7.49. The molecule has 1 aromatic heterocycles. The van der Waals surface area contributed by atoms with Gasteiger partial charge in [-0.25, -0.2) is 0 Å². The van der Waals surface area contributed by atoms with Gasteiger partial charge in [0.2, 0.25) is 0 Å². The lowest BCUT2D eigenvalue weighted by atomic mass is 9.97. The van der Waals surface area contributed by atoms with Crippen molar-refractivity contribution >= 4 is 109 Å². The summed E-state index contributed by atoms with van der Waals surface area (Å²) in [6, 6.07) is 102. The van der Waals surface area contributed by atoms with Gasteiger partial charge in [-0.2, -0.15) is 0 Å². The number of rotatable bonds is 9. The van der Waals surface area contributed by atoms with Crippen molar-refractivity contribution in [3.8, 4) is 33.4 Å². The zero-order valence-corrected chi connectivity index (χ0v) is 40.7. The molecule has 0 aliphatic heterocycles. The smallest absolute Gasteiger partial charge is 0.0468 e. The average molecular weight is 947 g/mol. The van der Waals surface area contributed by atoms with Gasteiger partial charge in [0.1, 0.15) is 0 Å². The minimum Gasteiger partial charge on any atom is -0.311 e. The summed E-state index contributed by atoms with van der Waals surface area (Å²) < 4.78 is 2.64. The Morgan fingerprint density at radius 2 is 0.603 bits per heavy atom. The third-order valence-electron chi connectivity index (χ3n) is 14.6. The molecule has 0 fully saturated rings. The van der Waals surface area contributed by atoms with E-state index in [9.17, 15) is 0 Å². The Kier molecular flexibility index (Phi) is 10.4. The fraction of sp³-hybridized carbons (Fsp3) is 0. The van der Waals surface area contributed by atoms with E-state index in [0.29, 0.717) is 0 Å². The highest BCUT2D eigenvalue weighted by molar-refractivity contribution is 7.27. The highest BCUT2D eigenvalue weighted by Gasteiger charge is 2.19. The maximum atomic E-state index is 2.40. The summed E-state index contributed by atoms with van der Waals surface area (Å²) >= 11 is 1.90. The monoisotopic (exact) mass is 946 g/mol. The Labute approximate surface area is 428 Å². The lowest BCUT2D eigenvalue weighted by Crippen LogP contribution is -2.10. The second-order valence-electron chi connectivity index (χ2n) is 18.8. The van der Waals surface area contributed by atoms with E-state index >= 15 is 0 Å². The van der Waals surface area contributed by atoms with Crippen LogP contribution in [0.15, 0.2) is 279 Å². The Morgan fingerprint density at radius 1 is 0.233 bits per heavy atom. The number of hydrogen-bond donors (Lipinski definition) is 0. The van der Waals surface area contributed by atoms with Crippen LogP contribution in [-0.4, -0.2) is 0 Å². The molecule has 0 aliphatic carbocycles. The molecular weight excluding hydrogens is 901 g/mol. The van der Waals surface area contributed by atoms with Crippen molar-refractivity contribution in [3.63, 3.8) is 0 Å². The van der Waals surface area contributed by atoms with Crippen molar-refractivity contribution in [2.45, 2.75) is 0 Å².